The average molecular weight is 309 g/mol. The summed E-state index contributed by atoms with van der Waals surface area (Å²) < 4.78 is 0. The first-order valence-electron chi connectivity index (χ1n) is 7.57. The molecule has 0 bridgehead atoms. The number of rotatable bonds is 3. The van der Waals surface area contributed by atoms with Crippen LogP contribution in [-0.2, 0) is 6.54 Å². The van der Waals surface area contributed by atoms with Crippen molar-refractivity contribution in [1.82, 2.24) is 9.88 Å². The van der Waals surface area contributed by atoms with Gasteiger partial charge in [0.25, 0.3) is 0 Å². The number of benzene rings is 1. The second-order valence-electron chi connectivity index (χ2n) is 5.65. The van der Waals surface area contributed by atoms with Crippen molar-refractivity contribution < 1.29 is 5.11 Å². The minimum Gasteiger partial charge on any atom is -0.508 e. The second-order valence-corrected chi connectivity index (χ2v) is 5.65. The lowest BCUT2D eigenvalue weighted by Gasteiger charge is -2.35. The number of phenols is 1. The van der Waals surface area contributed by atoms with Gasteiger partial charge >= 0.3 is 0 Å². The van der Waals surface area contributed by atoms with E-state index in [-0.39, 0.29) is 5.82 Å². The van der Waals surface area contributed by atoms with E-state index in [0.29, 0.717) is 11.3 Å². The Balaban J connectivity index is 1.60. The molecule has 0 radical (unpaired) electrons. The molecule has 3 rings (SSSR count). The van der Waals surface area contributed by atoms with Crippen LogP contribution in [0.25, 0.3) is 0 Å². The Morgan fingerprint density at radius 1 is 1.17 bits per heavy atom. The molecule has 2 aromatic rings. The van der Waals surface area contributed by atoms with Crippen molar-refractivity contribution in [3.05, 3.63) is 47.5 Å². The molecule has 6 heteroatoms. The van der Waals surface area contributed by atoms with Gasteiger partial charge in [0, 0.05) is 32.7 Å². The Hall–Kier alpha value is -2.78. The van der Waals surface area contributed by atoms with Crippen LogP contribution < -0.4 is 10.6 Å². The summed E-state index contributed by atoms with van der Waals surface area (Å²) in [6.07, 6.45) is 0. The molecule has 1 aliphatic rings. The van der Waals surface area contributed by atoms with Crippen molar-refractivity contribution in [2.24, 2.45) is 0 Å². The van der Waals surface area contributed by atoms with E-state index in [4.69, 9.17) is 11.0 Å². The largest absolute Gasteiger partial charge is 0.508 e. The minimum absolute atomic E-state index is 0.284. The molecule has 3 N–H and O–H groups in total. The van der Waals surface area contributed by atoms with Gasteiger partial charge in [-0.25, -0.2) is 4.98 Å². The van der Waals surface area contributed by atoms with Crippen LogP contribution in [0.4, 0.5) is 11.6 Å². The molecule has 1 aromatic carbocycles. The number of anilines is 2. The smallest absolute Gasteiger partial charge is 0.143 e. The monoisotopic (exact) mass is 309 g/mol. The molecule has 1 aliphatic heterocycles. The van der Waals surface area contributed by atoms with E-state index < -0.39 is 0 Å². The average Bonchev–Trinajstić information content (AvgIpc) is 2.55. The van der Waals surface area contributed by atoms with Crippen LogP contribution in [0.3, 0.4) is 0 Å². The molecular weight excluding hydrogens is 290 g/mol. The third-order valence-electron chi connectivity index (χ3n) is 4.04. The van der Waals surface area contributed by atoms with Crippen LogP contribution >= 0.6 is 0 Å². The molecule has 0 saturated carbocycles. The van der Waals surface area contributed by atoms with Gasteiger partial charge < -0.3 is 15.7 Å². The molecule has 0 atom stereocenters. The summed E-state index contributed by atoms with van der Waals surface area (Å²) in [4.78, 5) is 8.84. The van der Waals surface area contributed by atoms with Gasteiger partial charge in [-0.2, -0.15) is 5.26 Å². The lowest BCUT2D eigenvalue weighted by molar-refractivity contribution is 0.249. The summed E-state index contributed by atoms with van der Waals surface area (Å²) in [5.74, 6) is 1.41. The SMILES string of the molecule is N#Cc1ccc(N2CCN(Cc3cccc(O)c3)CC2)nc1N. The molecule has 0 spiro atoms. The van der Waals surface area contributed by atoms with Gasteiger partial charge in [0.15, 0.2) is 0 Å². The van der Waals surface area contributed by atoms with Crippen molar-refractivity contribution in [1.29, 1.82) is 5.26 Å². The van der Waals surface area contributed by atoms with Crippen molar-refractivity contribution in [2.75, 3.05) is 36.8 Å². The number of aromatic nitrogens is 1. The van der Waals surface area contributed by atoms with Gasteiger partial charge in [-0.3, -0.25) is 4.90 Å². The fourth-order valence-corrected chi connectivity index (χ4v) is 2.78. The lowest BCUT2D eigenvalue weighted by atomic mass is 10.2. The van der Waals surface area contributed by atoms with Crippen LogP contribution in [-0.4, -0.2) is 41.2 Å². The molecule has 1 fully saturated rings. The number of pyridine rings is 1. The van der Waals surface area contributed by atoms with Crippen molar-refractivity contribution in [3.8, 4) is 11.8 Å². The van der Waals surface area contributed by atoms with Crippen LogP contribution in [0.5, 0.6) is 5.75 Å². The summed E-state index contributed by atoms with van der Waals surface area (Å²) in [5, 5.41) is 18.4. The van der Waals surface area contributed by atoms with Crippen LogP contribution in [0.1, 0.15) is 11.1 Å². The zero-order valence-electron chi connectivity index (χ0n) is 12.8. The van der Waals surface area contributed by atoms with Crippen molar-refractivity contribution in [3.63, 3.8) is 0 Å². The van der Waals surface area contributed by atoms with Gasteiger partial charge in [0.05, 0.1) is 5.56 Å². The molecule has 23 heavy (non-hydrogen) atoms. The molecular formula is C17H19N5O. The zero-order valence-corrected chi connectivity index (χ0v) is 12.8. The number of aromatic hydroxyl groups is 1. The number of phenolic OH excluding ortho intramolecular Hbond substituents is 1. The molecule has 0 aliphatic carbocycles. The molecule has 1 saturated heterocycles. The Morgan fingerprint density at radius 3 is 2.61 bits per heavy atom. The van der Waals surface area contributed by atoms with Crippen LogP contribution in [0.15, 0.2) is 36.4 Å². The maximum atomic E-state index is 9.53. The topological polar surface area (TPSA) is 89.4 Å². The minimum atomic E-state index is 0.284. The molecule has 2 heterocycles. The predicted octanol–water partition coefficient (Wildman–Crippen LogP) is 1.56. The second kappa shape index (κ2) is 6.55. The van der Waals surface area contributed by atoms with E-state index in [1.807, 2.05) is 24.3 Å². The lowest BCUT2D eigenvalue weighted by Crippen LogP contribution is -2.46. The van der Waals surface area contributed by atoms with Crippen molar-refractivity contribution >= 4 is 11.6 Å². The van der Waals surface area contributed by atoms with Crippen LogP contribution in [0, 0.1) is 11.3 Å². The fourth-order valence-electron chi connectivity index (χ4n) is 2.78. The molecule has 1 aromatic heterocycles. The third-order valence-corrected chi connectivity index (χ3v) is 4.04. The van der Waals surface area contributed by atoms with Crippen molar-refractivity contribution in [2.45, 2.75) is 6.54 Å². The summed E-state index contributed by atoms with van der Waals surface area (Å²) in [5.41, 5.74) is 7.31. The first kappa shape index (κ1) is 15.1. The highest BCUT2D eigenvalue weighted by Crippen LogP contribution is 2.19. The summed E-state index contributed by atoms with van der Waals surface area (Å²) in [6.45, 7) is 4.37. The number of piperazine rings is 1. The Bertz CT molecular complexity index is 732. The maximum Gasteiger partial charge on any atom is 0.143 e. The van der Waals surface area contributed by atoms with E-state index in [1.54, 1.807) is 18.2 Å². The highest BCUT2D eigenvalue weighted by molar-refractivity contribution is 5.54. The molecule has 0 amide bonds. The summed E-state index contributed by atoms with van der Waals surface area (Å²) in [6, 6.07) is 13.0. The number of nitrogens with zero attached hydrogens (tertiary/aromatic N) is 4. The van der Waals surface area contributed by atoms with E-state index in [9.17, 15) is 5.11 Å². The normalized spacial score (nSPS) is 15.3. The molecule has 6 nitrogen and oxygen atoms in total. The van der Waals surface area contributed by atoms with E-state index in [0.717, 1.165) is 44.1 Å². The van der Waals surface area contributed by atoms with Gasteiger partial charge in [-0.15, -0.1) is 0 Å². The number of nitriles is 1. The van der Waals surface area contributed by atoms with E-state index in [1.165, 1.54) is 0 Å². The first-order chi connectivity index (χ1) is 11.2. The Kier molecular flexibility index (Phi) is 4.31. The Morgan fingerprint density at radius 2 is 1.96 bits per heavy atom. The maximum absolute atomic E-state index is 9.53. The third kappa shape index (κ3) is 3.52. The number of nitrogens with two attached hydrogens (primary N) is 1. The van der Waals surface area contributed by atoms with E-state index >= 15 is 0 Å². The summed E-state index contributed by atoms with van der Waals surface area (Å²) in [7, 11) is 0. The number of nitrogen functional groups attached to an aromatic ring is 1. The van der Waals surface area contributed by atoms with Gasteiger partial charge in [-0.1, -0.05) is 12.1 Å². The number of hydrogen-bond acceptors (Lipinski definition) is 6. The van der Waals surface area contributed by atoms with Crippen LogP contribution in [0.2, 0.25) is 0 Å². The highest BCUT2D eigenvalue weighted by Gasteiger charge is 2.18. The summed E-state index contributed by atoms with van der Waals surface area (Å²) >= 11 is 0. The first-order valence-corrected chi connectivity index (χ1v) is 7.57. The zero-order chi connectivity index (χ0) is 16.2. The van der Waals surface area contributed by atoms with Gasteiger partial charge in [-0.05, 0) is 29.8 Å². The highest BCUT2D eigenvalue weighted by atomic mass is 16.3. The Labute approximate surface area is 135 Å². The number of hydrogen-bond donors (Lipinski definition) is 2. The molecule has 118 valence electrons. The quantitative estimate of drug-likeness (QED) is 0.894. The van der Waals surface area contributed by atoms with E-state index in [2.05, 4.69) is 14.8 Å². The predicted molar refractivity (Wildman–Crippen MR) is 89.0 cm³/mol. The molecule has 0 unspecified atom stereocenters. The standard InChI is InChI=1S/C17H19N5O/c18-11-14-4-5-16(20-17(14)19)22-8-6-21(7-9-22)12-13-2-1-3-15(23)10-13/h1-5,10,23H,6-9,12H2,(H2,19,20). The van der Waals surface area contributed by atoms with Gasteiger partial charge in [0.2, 0.25) is 0 Å². The fraction of sp³-hybridized carbons (Fsp3) is 0.294. The van der Waals surface area contributed by atoms with Gasteiger partial charge in [0.1, 0.15) is 23.5 Å².